The van der Waals surface area contributed by atoms with Crippen LogP contribution < -0.4 is 26.2 Å². The summed E-state index contributed by atoms with van der Waals surface area (Å²) < 4.78 is 25.2. The number of pyridine rings is 3. The molecule has 2 fully saturated rings. The van der Waals surface area contributed by atoms with Crippen LogP contribution in [0, 0.1) is 5.82 Å². The number of aromatic nitrogens is 3. The van der Waals surface area contributed by atoms with E-state index in [0.29, 0.717) is 61.0 Å². The molecule has 9 rings (SSSR count). The lowest BCUT2D eigenvalue weighted by Crippen LogP contribution is -2.37. The van der Waals surface area contributed by atoms with Gasteiger partial charge in [-0.3, -0.25) is 38.9 Å². The topological polar surface area (TPSA) is 199 Å². The van der Waals surface area contributed by atoms with E-state index in [1.54, 1.807) is 59.9 Å². The minimum atomic E-state index is -0.681. The number of carbonyl (C=O) groups is 5. The smallest absolute Gasteiger partial charge is 0.258 e. The zero-order valence-corrected chi connectivity index (χ0v) is 37.6. The number of benzene rings is 2. The van der Waals surface area contributed by atoms with Gasteiger partial charge in [0.15, 0.2) is 5.82 Å². The summed E-state index contributed by atoms with van der Waals surface area (Å²) in [7, 11) is 0. The van der Waals surface area contributed by atoms with Crippen molar-refractivity contribution in [1.29, 1.82) is 0 Å². The van der Waals surface area contributed by atoms with Gasteiger partial charge in [0.2, 0.25) is 17.7 Å². The molecule has 0 bridgehead atoms. The summed E-state index contributed by atoms with van der Waals surface area (Å²) in [6, 6.07) is 19.0. The summed E-state index contributed by atoms with van der Waals surface area (Å²) in [4.78, 5) is 76.0. The fourth-order valence-electron chi connectivity index (χ4n) is 7.68. The molecule has 0 saturated heterocycles. The molecule has 0 unspecified atom stereocenters. The third kappa shape index (κ3) is 11.3. The van der Waals surface area contributed by atoms with E-state index >= 15 is 0 Å². The predicted octanol–water partition coefficient (Wildman–Crippen LogP) is 7.37. The maximum atomic E-state index is 13.8. The quantitative estimate of drug-likeness (QED) is 0.0892. The molecule has 0 atom stereocenters. The molecular formula is C50H55FN8O7. The van der Waals surface area contributed by atoms with Gasteiger partial charge in [0.1, 0.15) is 0 Å². The summed E-state index contributed by atoms with van der Waals surface area (Å²) in [5.74, 6) is -1.76. The first kappa shape index (κ1) is 47.1. The summed E-state index contributed by atoms with van der Waals surface area (Å²) in [5.41, 5.74) is 9.37. The second kappa shape index (κ2) is 20.5. The number of nitrogens with two attached hydrogens (primary N) is 1. The Balaban J connectivity index is 0.000000165. The van der Waals surface area contributed by atoms with Crippen molar-refractivity contribution in [1.82, 2.24) is 15.0 Å². The Bertz CT molecular complexity index is 2570. The van der Waals surface area contributed by atoms with Crippen LogP contribution in [0.4, 0.5) is 27.1 Å². The number of primary amides is 1. The van der Waals surface area contributed by atoms with E-state index in [0.717, 1.165) is 67.2 Å². The average Bonchev–Trinajstić information content (AvgIpc) is 4.26. The molecule has 344 valence electrons. The number of anilines is 4. The summed E-state index contributed by atoms with van der Waals surface area (Å²) in [6.07, 6.45) is 15.5. The molecule has 2 aromatic carbocycles. The lowest BCUT2D eigenvalue weighted by Gasteiger charge is -2.20. The summed E-state index contributed by atoms with van der Waals surface area (Å²) >= 11 is 0. The van der Waals surface area contributed by atoms with Crippen molar-refractivity contribution in [2.24, 2.45) is 5.73 Å². The van der Waals surface area contributed by atoms with Crippen molar-refractivity contribution < 1.29 is 37.8 Å². The Labute approximate surface area is 383 Å². The van der Waals surface area contributed by atoms with Crippen LogP contribution >= 0.6 is 0 Å². The van der Waals surface area contributed by atoms with Gasteiger partial charge in [-0.15, -0.1) is 0 Å². The van der Waals surface area contributed by atoms with E-state index in [2.05, 4.69) is 25.6 Å². The molecule has 2 aliphatic heterocycles. The zero-order chi connectivity index (χ0) is 47.0. The molecule has 2 aliphatic carbocycles. The lowest BCUT2D eigenvalue weighted by atomic mass is 9.86. The zero-order valence-electron chi connectivity index (χ0n) is 37.6. The first-order valence-corrected chi connectivity index (χ1v) is 22.1. The van der Waals surface area contributed by atoms with Crippen LogP contribution in [0.1, 0.15) is 108 Å². The Morgan fingerprint density at radius 2 is 1.17 bits per heavy atom. The maximum Gasteiger partial charge on any atom is 0.258 e. The van der Waals surface area contributed by atoms with Crippen LogP contribution in [-0.4, -0.2) is 83.0 Å². The van der Waals surface area contributed by atoms with Gasteiger partial charge in [-0.2, -0.15) is 0 Å². The molecule has 4 N–H and O–H groups in total. The Kier molecular flexibility index (Phi) is 14.6. The number of rotatable bonds is 15. The molecule has 3 aromatic heterocycles. The second-order valence-electron chi connectivity index (χ2n) is 17.6. The molecule has 5 amide bonds. The number of amides is 5. The van der Waals surface area contributed by atoms with Gasteiger partial charge in [-0.1, -0.05) is 12.1 Å². The third-order valence-corrected chi connectivity index (χ3v) is 11.7. The molecule has 5 aromatic rings. The molecule has 5 heterocycles. The highest BCUT2D eigenvalue weighted by atomic mass is 19.1. The number of nitrogens with one attached hydrogen (secondary N) is 2. The average molecular weight is 899 g/mol. The van der Waals surface area contributed by atoms with E-state index in [1.165, 1.54) is 18.5 Å². The van der Waals surface area contributed by atoms with E-state index in [-0.39, 0.29) is 23.3 Å². The van der Waals surface area contributed by atoms with Crippen LogP contribution in [0.25, 0.3) is 0 Å². The predicted molar refractivity (Wildman–Crippen MR) is 248 cm³/mol. The van der Waals surface area contributed by atoms with Crippen LogP contribution in [0.2, 0.25) is 0 Å². The first-order chi connectivity index (χ1) is 31.6. The second-order valence-corrected chi connectivity index (χ2v) is 17.6. The van der Waals surface area contributed by atoms with Gasteiger partial charge in [-0.05, 0) is 132 Å². The van der Waals surface area contributed by atoms with Crippen molar-refractivity contribution in [2.45, 2.75) is 89.3 Å². The highest BCUT2D eigenvalue weighted by molar-refractivity contribution is 6.10. The lowest BCUT2D eigenvalue weighted by molar-refractivity contribution is -0.122. The fraction of sp³-hybridized carbons (Fsp3) is 0.360. The minimum Gasteiger partial charge on any atom is -0.378 e. The monoisotopic (exact) mass is 898 g/mol. The van der Waals surface area contributed by atoms with E-state index < -0.39 is 28.5 Å². The van der Waals surface area contributed by atoms with Gasteiger partial charge in [0.25, 0.3) is 11.8 Å². The number of nitrogens with zero attached hydrogens (tertiary/aromatic N) is 5. The highest BCUT2D eigenvalue weighted by Crippen LogP contribution is 2.44. The minimum absolute atomic E-state index is 0.0302. The fourth-order valence-corrected chi connectivity index (χ4v) is 7.68. The van der Waals surface area contributed by atoms with Crippen molar-refractivity contribution in [3.63, 3.8) is 0 Å². The van der Waals surface area contributed by atoms with Gasteiger partial charge in [0.05, 0.1) is 40.4 Å². The standard InChI is InChI=1S/C22H24FN3O3.C22H25N3O3.C6H6N2O/c1-22(2)17-7-4-14(25-20(27)16-8-9-24-13-18(16)23)12-19(17)26(21(22)28)10-3-11-29-15-5-6-15;1-22(2)18-7-4-16(24-20(26)15-8-10-23-11-9-15)14-19(18)25(21(22)27)12-3-13-28-17-5-6-17;7-6(9)5-2-1-3-8-4-5/h4,7-9,12-13,15H,3,5-6,10-11H2,1-2H3,(H,25,27);4,7-11,14,17H,3,5-6,12-13H2,1-2H3,(H,24,26);1-4H,(H2,7,9). The molecule has 2 saturated carbocycles. The van der Waals surface area contributed by atoms with E-state index in [4.69, 9.17) is 15.2 Å². The largest absolute Gasteiger partial charge is 0.378 e. The highest BCUT2D eigenvalue weighted by Gasteiger charge is 2.45. The third-order valence-electron chi connectivity index (χ3n) is 11.7. The molecule has 16 heteroatoms. The summed E-state index contributed by atoms with van der Waals surface area (Å²) in [5, 5.41) is 5.62. The van der Waals surface area contributed by atoms with Crippen molar-refractivity contribution in [3.05, 3.63) is 138 Å². The molecule has 66 heavy (non-hydrogen) atoms. The maximum absolute atomic E-state index is 13.8. The summed E-state index contributed by atoms with van der Waals surface area (Å²) in [6.45, 7) is 10.2. The number of hydrogen-bond acceptors (Lipinski definition) is 10. The van der Waals surface area contributed by atoms with Crippen LogP contribution in [0.3, 0.4) is 0 Å². The Morgan fingerprint density at radius 1 is 0.667 bits per heavy atom. The first-order valence-electron chi connectivity index (χ1n) is 22.1. The molecular weight excluding hydrogens is 844 g/mol. The molecule has 0 radical (unpaired) electrons. The van der Waals surface area contributed by atoms with Crippen molar-refractivity contribution in [2.75, 3.05) is 46.7 Å². The molecule has 4 aliphatic rings. The van der Waals surface area contributed by atoms with Crippen LogP contribution in [0.5, 0.6) is 0 Å². The molecule has 15 nitrogen and oxygen atoms in total. The van der Waals surface area contributed by atoms with E-state index in [9.17, 15) is 28.4 Å². The van der Waals surface area contributed by atoms with Crippen molar-refractivity contribution >= 4 is 52.3 Å². The van der Waals surface area contributed by atoms with Gasteiger partial charge >= 0.3 is 0 Å². The number of fused-ring (bicyclic) bond motifs is 2. The number of carbonyl (C=O) groups excluding carboxylic acids is 5. The number of hydrogen-bond donors (Lipinski definition) is 3. The number of halogens is 1. The normalized spacial score (nSPS) is 16.3. The molecule has 0 spiro atoms. The van der Waals surface area contributed by atoms with Gasteiger partial charge in [0, 0.05) is 85.6 Å². The van der Waals surface area contributed by atoms with Crippen molar-refractivity contribution in [3.8, 4) is 0 Å². The SMILES string of the molecule is CC1(C)C(=O)N(CCCOC2CC2)c2cc(NC(=O)c3ccncc3)ccc21.CC1(C)C(=O)N(CCCOC2CC2)c2cc(NC(=O)c3ccncc3F)ccc21.NC(=O)c1cccnc1. The van der Waals surface area contributed by atoms with E-state index in [1.807, 2.05) is 56.9 Å². The van der Waals surface area contributed by atoms with Crippen LogP contribution in [-0.2, 0) is 29.9 Å². The Hall–Kier alpha value is -6.91. The van der Waals surface area contributed by atoms with Gasteiger partial charge in [-0.25, -0.2) is 4.39 Å². The van der Waals surface area contributed by atoms with Crippen LogP contribution in [0.15, 0.2) is 104 Å². The Morgan fingerprint density at radius 3 is 1.62 bits per heavy atom. The van der Waals surface area contributed by atoms with Gasteiger partial charge < -0.3 is 35.6 Å². The number of ether oxygens (including phenoxy) is 2.